The second kappa shape index (κ2) is 4.98. The molecule has 0 amide bonds. The van der Waals surface area contributed by atoms with Gasteiger partial charge in [-0.15, -0.1) is 6.58 Å². The van der Waals surface area contributed by atoms with Crippen molar-refractivity contribution in [2.75, 3.05) is 0 Å². The normalized spacial score (nSPS) is 16.6. The highest BCUT2D eigenvalue weighted by Crippen LogP contribution is 2.08. The maximum Gasteiger partial charge on any atom is 0.0192 e. The van der Waals surface area contributed by atoms with Gasteiger partial charge in [-0.1, -0.05) is 26.5 Å². The Balaban J connectivity index is 3.81. The van der Waals surface area contributed by atoms with E-state index in [0.717, 1.165) is 0 Å². The Morgan fingerprint density at radius 2 is 1.80 bits per heavy atom. The van der Waals surface area contributed by atoms with Gasteiger partial charge in [0.25, 0.3) is 0 Å². The highest BCUT2D eigenvalue weighted by atomic mass is 14.7. The zero-order valence-electron chi connectivity index (χ0n) is 6.75. The lowest BCUT2D eigenvalue weighted by molar-refractivity contribution is 0.601. The quantitative estimate of drug-likeness (QED) is 0.417. The van der Waals surface area contributed by atoms with Gasteiger partial charge in [0, 0.05) is 12.4 Å². The van der Waals surface area contributed by atoms with E-state index in [2.05, 4.69) is 32.0 Å². The summed E-state index contributed by atoms with van der Waals surface area (Å²) in [6.45, 7) is 11.4. The summed E-state index contributed by atoms with van der Waals surface area (Å²) in [7, 11) is 0. The fraction of sp³-hybridized carbons (Fsp3) is 0.444. The Morgan fingerprint density at radius 1 is 1.20 bits per heavy atom. The van der Waals surface area contributed by atoms with Crippen LogP contribution in [0.3, 0.4) is 0 Å². The number of nitrogens with zero attached hydrogens (tertiary/aromatic N) is 1. The minimum absolute atomic E-state index is 0.454. The van der Waals surface area contributed by atoms with Crippen molar-refractivity contribution in [3.63, 3.8) is 0 Å². The van der Waals surface area contributed by atoms with Crippen LogP contribution < -0.4 is 0 Å². The van der Waals surface area contributed by atoms with Crippen LogP contribution in [0.4, 0.5) is 0 Å². The van der Waals surface area contributed by atoms with E-state index >= 15 is 0 Å². The Morgan fingerprint density at radius 3 is 2.20 bits per heavy atom. The Hall–Kier alpha value is -0.850. The largest absolute Gasteiger partial charge is 0.269 e. The minimum Gasteiger partial charge on any atom is -0.269 e. The second-order valence-electron chi connectivity index (χ2n) is 2.43. The first-order valence-electron chi connectivity index (χ1n) is 3.49. The van der Waals surface area contributed by atoms with Crippen molar-refractivity contribution in [1.82, 2.24) is 0 Å². The van der Waals surface area contributed by atoms with E-state index in [4.69, 9.17) is 0 Å². The van der Waals surface area contributed by atoms with E-state index in [0.29, 0.717) is 11.8 Å². The molecule has 0 rings (SSSR count). The third-order valence-corrected chi connectivity index (χ3v) is 1.63. The van der Waals surface area contributed by atoms with Crippen molar-refractivity contribution in [1.29, 1.82) is 0 Å². The van der Waals surface area contributed by atoms with Crippen molar-refractivity contribution in [2.24, 2.45) is 16.8 Å². The molecule has 56 valence electrons. The number of hydrogen-bond acceptors (Lipinski definition) is 1. The van der Waals surface area contributed by atoms with Crippen LogP contribution in [0, 0.1) is 11.8 Å². The molecule has 0 heterocycles. The Kier molecular flexibility index (Phi) is 4.55. The van der Waals surface area contributed by atoms with Gasteiger partial charge in [0.05, 0.1) is 0 Å². The first-order chi connectivity index (χ1) is 4.72. The van der Waals surface area contributed by atoms with Crippen LogP contribution >= 0.6 is 0 Å². The van der Waals surface area contributed by atoms with Gasteiger partial charge >= 0.3 is 0 Å². The zero-order valence-corrected chi connectivity index (χ0v) is 6.75. The first-order valence-corrected chi connectivity index (χ1v) is 3.49. The predicted molar refractivity (Wildman–Crippen MR) is 47.2 cm³/mol. The van der Waals surface area contributed by atoms with Crippen molar-refractivity contribution in [3.8, 4) is 0 Å². The van der Waals surface area contributed by atoms with Gasteiger partial charge in [-0.2, -0.15) is 0 Å². The second-order valence-corrected chi connectivity index (χ2v) is 2.43. The molecule has 0 fully saturated rings. The molecule has 0 aliphatic heterocycles. The van der Waals surface area contributed by atoms with Crippen LogP contribution in [-0.2, 0) is 0 Å². The number of rotatable bonds is 4. The molecule has 0 saturated heterocycles. The zero-order chi connectivity index (χ0) is 7.98. The molecule has 10 heavy (non-hydrogen) atoms. The first kappa shape index (κ1) is 9.15. The molecule has 0 aliphatic rings. The summed E-state index contributed by atoms with van der Waals surface area (Å²) < 4.78 is 0. The maximum atomic E-state index is 3.93. The Labute approximate surface area is 63.2 Å². The summed E-state index contributed by atoms with van der Waals surface area (Å²) >= 11 is 0. The van der Waals surface area contributed by atoms with Crippen molar-refractivity contribution >= 4 is 6.21 Å². The van der Waals surface area contributed by atoms with Crippen molar-refractivity contribution in [3.05, 3.63) is 25.4 Å². The molecule has 0 saturated carbocycles. The van der Waals surface area contributed by atoms with Crippen LogP contribution in [0.1, 0.15) is 13.8 Å². The average Bonchev–Trinajstić information content (AvgIpc) is 1.98. The molecule has 2 unspecified atom stereocenters. The van der Waals surface area contributed by atoms with Gasteiger partial charge in [-0.25, -0.2) is 0 Å². The molecule has 2 atom stereocenters. The molecule has 0 spiro atoms. The number of allylic oxidation sites excluding steroid dienone is 1. The lowest BCUT2D eigenvalue weighted by Gasteiger charge is -2.08. The monoisotopic (exact) mass is 137 g/mol. The molecule has 0 bridgehead atoms. The maximum absolute atomic E-state index is 3.93. The van der Waals surface area contributed by atoms with E-state index in [1.54, 1.807) is 6.20 Å². The van der Waals surface area contributed by atoms with E-state index in [9.17, 15) is 0 Å². The van der Waals surface area contributed by atoms with Crippen LogP contribution in [-0.4, -0.2) is 6.21 Å². The van der Waals surface area contributed by atoms with Crippen LogP contribution in [0.2, 0.25) is 0 Å². The SMILES string of the molecule is C=CN=CC(C)C(C)C=C. The summed E-state index contributed by atoms with van der Waals surface area (Å²) in [6.07, 6.45) is 5.37. The van der Waals surface area contributed by atoms with Gasteiger partial charge in [0.2, 0.25) is 0 Å². The van der Waals surface area contributed by atoms with Gasteiger partial charge in [0.1, 0.15) is 0 Å². The van der Waals surface area contributed by atoms with Gasteiger partial charge < -0.3 is 0 Å². The highest BCUT2D eigenvalue weighted by Gasteiger charge is 2.03. The van der Waals surface area contributed by atoms with Gasteiger partial charge in [0.15, 0.2) is 0 Å². The minimum atomic E-state index is 0.454. The van der Waals surface area contributed by atoms with Crippen molar-refractivity contribution < 1.29 is 0 Å². The summed E-state index contributed by atoms with van der Waals surface area (Å²) in [5, 5.41) is 0. The summed E-state index contributed by atoms with van der Waals surface area (Å²) in [4.78, 5) is 3.93. The van der Waals surface area contributed by atoms with Gasteiger partial charge in [-0.3, -0.25) is 4.99 Å². The molecular formula is C9H15N. The molecular weight excluding hydrogens is 122 g/mol. The fourth-order valence-electron chi connectivity index (χ4n) is 0.547. The number of aliphatic imine (C=N–C) groups is 1. The fourth-order valence-corrected chi connectivity index (χ4v) is 0.547. The average molecular weight is 137 g/mol. The van der Waals surface area contributed by atoms with E-state index in [1.807, 2.05) is 12.3 Å². The lowest BCUT2D eigenvalue weighted by Crippen LogP contribution is -2.05. The van der Waals surface area contributed by atoms with Crippen LogP contribution in [0.5, 0.6) is 0 Å². The standard InChI is InChI=1S/C9H15N/c1-5-8(3)9(4)7-10-6-2/h5-9H,1-2H2,3-4H3. The lowest BCUT2D eigenvalue weighted by atomic mass is 9.98. The molecule has 1 nitrogen and oxygen atoms in total. The van der Waals surface area contributed by atoms with E-state index < -0.39 is 0 Å². The molecule has 0 aromatic carbocycles. The molecule has 0 radical (unpaired) electrons. The van der Waals surface area contributed by atoms with E-state index in [1.165, 1.54) is 0 Å². The summed E-state index contributed by atoms with van der Waals surface area (Å²) in [5.74, 6) is 0.944. The smallest absolute Gasteiger partial charge is 0.0192 e. The highest BCUT2D eigenvalue weighted by molar-refractivity contribution is 5.61. The van der Waals surface area contributed by atoms with E-state index in [-0.39, 0.29) is 0 Å². The third kappa shape index (κ3) is 3.23. The topological polar surface area (TPSA) is 12.4 Å². The molecule has 0 aliphatic carbocycles. The summed E-state index contributed by atoms with van der Waals surface area (Å²) in [6, 6.07) is 0. The molecule has 0 N–H and O–H groups in total. The predicted octanol–water partition coefficient (Wildman–Crippen LogP) is 2.66. The summed E-state index contributed by atoms with van der Waals surface area (Å²) in [5.41, 5.74) is 0. The van der Waals surface area contributed by atoms with Crippen LogP contribution in [0.25, 0.3) is 0 Å². The third-order valence-electron chi connectivity index (χ3n) is 1.63. The molecule has 1 heteroatoms. The van der Waals surface area contributed by atoms with Crippen molar-refractivity contribution in [2.45, 2.75) is 13.8 Å². The van der Waals surface area contributed by atoms with Gasteiger partial charge in [-0.05, 0) is 11.8 Å². The molecule has 0 aromatic rings. The number of hydrogen-bond donors (Lipinski definition) is 0. The Bertz CT molecular complexity index is 136. The van der Waals surface area contributed by atoms with Crippen LogP contribution in [0.15, 0.2) is 30.4 Å². The molecule has 0 aromatic heterocycles.